The highest BCUT2D eigenvalue weighted by atomic mass is 16.2. The molecule has 0 spiro atoms. The van der Waals surface area contributed by atoms with Crippen LogP contribution in [0, 0.1) is 0 Å². The first-order valence-corrected chi connectivity index (χ1v) is 7.91. The third-order valence-corrected chi connectivity index (χ3v) is 3.44. The van der Waals surface area contributed by atoms with Gasteiger partial charge in [-0.1, -0.05) is 58.3 Å². The minimum Gasteiger partial charge on any atom is -0.329 e. The first-order chi connectivity index (χ1) is 9.76. The molecule has 4 nitrogen and oxygen atoms in total. The maximum Gasteiger partial charge on any atom is 0.223 e. The average molecular weight is 283 g/mol. The van der Waals surface area contributed by atoms with Gasteiger partial charge in [0.25, 0.3) is 0 Å². The van der Waals surface area contributed by atoms with Gasteiger partial charge in [0.2, 0.25) is 5.91 Å². The molecule has 0 rings (SSSR count). The van der Waals surface area contributed by atoms with Crippen LogP contribution < -0.4 is 0 Å². The van der Waals surface area contributed by atoms with Crippen molar-refractivity contribution in [1.29, 1.82) is 0 Å². The van der Waals surface area contributed by atoms with Crippen LogP contribution >= 0.6 is 0 Å². The Kier molecular flexibility index (Phi) is 13.4. The molecule has 0 saturated heterocycles. The lowest BCUT2D eigenvalue weighted by Crippen LogP contribution is -2.34. The van der Waals surface area contributed by atoms with Crippen LogP contribution in [0.15, 0.2) is 0 Å². The number of carbonyl (C=O) groups excluding carboxylic acids is 3. The fourth-order valence-electron chi connectivity index (χ4n) is 2.20. The Hall–Kier alpha value is -1.19. The van der Waals surface area contributed by atoms with Crippen molar-refractivity contribution < 1.29 is 14.4 Å². The smallest absolute Gasteiger partial charge is 0.223 e. The van der Waals surface area contributed by atoms with E-state index in [4.69, 9.17) is 0 Å². The van der Waals surface area contributed by atoms with Crippen molar-refractivity contribution in [3.63, 3.8) is 0 Å². The van der Waals surface area contributed by atoms with Gasteiger partial charge in [-0.2, -0.15) is 0 Å². The molecular weight excluding hydrogens is 254 g/mol. The molecule has 0 heterocycles. The summed E-state index contributed by atoms with van der Waals surface area (Å²) in [6.45, 7) is 2.26. The quantitative estimate of drug-likeness (QED) is 0.363. The van der Waals surface area contributed by atoms with Crippen LogP contribution in [0.2, 0.25) is 0 Å². The second kappa shape index (κ2) is 14.2. The van der Waals surface area contributed by atoms with Crippen LogP contribution in [0.4, 0.5) is 0 Å². The summed E-state index contributed by atoms with van der Waals surface area (Å²) in [7, 11) is 0. The molecule has 0 atom stereocenters. The zero-order valence-electron chi connectivity index (χ0n) is 12.8. The molecule has 0 fully saturated rings. The minimum atomic E-state index is -0.0906. The molecule has 116 valence electrons. The summed E-state index contributed by atoms with van der Waals surface area (Å²) >= 11 is 0. The first kappa shape index (κ1) is 18.8. The van der Waals surface area contributed by atoms with Gasteiger partial charge in [0.1, 0.15) is 12.6 Å². The fourth-order valence-corrected chi connectivity index (χ4v) is 2.20. The maximum atomic E-state index is 11.7. The van der Waals surface area contributed by atoms with E-state index in [1.54, 1.807) is 0 Å². The van der Waals surface area contributed by atoms with Crippen molar-refractivity contribution in [2.24, 2.45) is 0 Å². The number of aldehydes is 2. The molecule has 20 heavy (non-hydrogen) atoms. The number of unbranched alkanes of at least 4 members (excludes halogenated alkanes) is 8. The van der Waals surface area contributed by atoms with Crippen LogP contribution in [0.1, 0.15) is 71.1 Å². The molecule has 0 radical (unpaired) electrons. The van der Waals surface area contributed by atoms with Crippen molar-refractivity contribution in [2.45, 2.75) is 71.1 Å². The Bertz CT molecular complexity index is 256. The van der Waals surface area contributed by atoms with Gasteiger partial charge >= 0.3 is 0 Å². The Morgan fingerprint density at radius 1 is 0.800 bits per heavy atom. The summed E-state index contributed by atoms with van der Waals surface area (Å²) in [6.07, 6.45) is 12.6. The Morgan fingerprint density at radius 3 is 1.70 bits per heavy atom. The molecule has 1 amide bonds. The number of amides is 1. The van der Waals surface area contributed by atoms with E-state index in [1.165, 1.54) is 49.8 Å². The third kappa shape index (κ3) is 10.7. The second-order valence-corrected chi connectivity index (χ2v) is 5.21. The molecule has 0 unspecified atom stereocenters. The summed E-state index contributed by atoms with van der Waals surface area (Å²) in [5.41, 5.74) is 0. The van der Waals surface area contributed by atoms with Crippen LogP contribution in [-0.4, -0.2) is 36.5 Å². The Balaban J connectivity index is 3.50. The van der Waals surface area contributed by atoms with Crippen LogP contribution in [0.5, 0.6) is 0 Å². The highest BCUT2D eigenvalue weighted by Gasteiger charge is 2.11. The van der Waals surface area contributed by atoms with Crippen molar-refractivity contribution in [3.8, 4) is 0 Å². The standard InChI is InChI=1S/C16H29NO3/c1-2-3-4-5-6-7-8-9-10-11-16(20)17(12-14-18)13-15-19/h14-15H,2-13H2,1H3. The monoisotopic (exact) mass is 283 g/mol. The topological polar surface area (TPSA) is 54.5 Å². The molecule has 0 aromatic rings. The summed E-state index contributed by atoms with van der Waals surface area (Å²) in [6, 6.07) is 0. The average Bonchev–Trinajstić information content (AvgIpc) is 2.45. The SMILES string of the molecule is CCCCCCCCCCCC(=O)N(CC=O)CC=O. The van der Waals surface area contributed by atoms with Crippen molar-refractivity contribution in [1.82, 2.24) is 4.90 Å². The zero-order chi connectivity index (χ0) is 15.1. The lowest BCUT2D eigenvalue weighted by Gasteiger charge is -2.16. The van der Waals surface area contributed by atoms with E-state index in [9.17, 15) is 14.4 Å². The predicted octanol–water partition coefficient (Wildman–Crippen LogP) is 3.13. The van der Waals surface area contributed by atoms with E-state index in [2.05, 4.69) is 6.92 Å². The van der Waals surface area contributed by atoms with Gasteiger partial charge in [-0.05, 0) is 6.42 Å². The molecule has 0 aliphatic heterocycles. The summed E-state index contributed by atoms with van der Waals surface area (Å²) < 4.78 is 0. The number of hydrogen-bond acceptors (Lipinski definition) is 3. The van der Waals surface area contributed by atoms with Gasteiger partial charge < -0.3 is 14.5 Å². The Morgan fingerprint density at radius 2 is 1.25 bits per heavy atom. The van der Waals surface area contributed by atoms with E-state index in [-0.39, 0.29) is 19.0 Å². The van der Waals surface area contributed by atoms with Crippen LogP contribution in [-0.2, 0) is 14.4 Å². The van der Waals surface area contributed by atoms with Crippen molar-refractivity contribution in [2.75, 3.05) is 13.1 Å². The van der Waals surface area contributed by atoms with Gasteiger partial charge in [0, 0.05) is 6.42 Å². The van der Waals surface area contributed by atoms with E-state index in [0.717, 1.165) is 12.8 Å². The largest absolute Gasteiger partial charge is 0.329 e. The second-order valence-electron chi connectivity index (χ2n) is 5.21. The fraction of sp³-hybridized carbons (Fsp3) is 0.812. The van der Waals surface area contributed by atoms with E-state index >= 15 is 0 Å². The molecule has 0 aliphatic rings. The lowest BCUT2D eigenvalue weighted by atomic mass is 10.1. The number of carbonyl (C=O) groups is 3. The predicted molar refractivity (Wildman–Crippen MR) is 80.6 cm³/mol. The lowest BCUT2D eigenvalue weighted by molar-refractivity contribution is -0.134. The molecule has 0 N–H and O–H groups in total. The molecule has 0 aromatic heterocycles. The summed E-state index contributed by atoms with van der Waals surface area (Å²) in [5.74, 6) is -0.0906. The zero-order valence-corrected chi connectivity index (χ0v) is 12.8. The third-order valence-electron chi connectivity index (χ3n) is 3.44. The van der Waals surface area contributed by atoms with Gasteiger partial charge in [-0.15, -0.1) is 0 Å². The number of hydrogen-bond donors (Lipinski definition) is 0. The maximum absolute atomic E-state index is 11.7. The van der Waals surface area contributed by atoms with E-state index < -0.39 is 0 Å². The summed E-state index contributed by atoms with van der Waals surface area (Å²) in [5, 5.41) is 0. The Labute approximate surface area is 122 Å². The molecule has 0 bridgehead atoms. The van der Waals surface area contributed by atoms with Crippen LogP contribution in [0.25, 0.3) is 0 Å². The van der Waals surface area contributed by atoms with Gasteiger partial charge in [0.15, 0.2) is 0 Å². The highest BCUT2D eigenvalue weighted by Crippen LogP contribution is 2.11. The van der Waals surface area contributed by atoms with Gasteiger partial charge in [0.05, 0.1) is 13.1 Å². The van der Waals surface area contributed by atoms with Gasteiger partial charge in [-0.25, -0.2) is 0 Å². The molecule has 0 aliphatic carbocycles. The van der Waals surface area contributed by atoms with Gasteiger partial charge in [-0.3, -0.25) is 4.79 Å². The highest BCUT2D eigenvalue weighted by molar-refractivity contribution is 5.80. The number of nitrogens with zero attached hydrogens (tertiary/aromatic N) is 1. The molecular formula is C16H29NO3. The molecule has 0 saturated carbocycles. The number of rotatable bonds is 14. The molecule has 0 aromatic carbocycles. The first-order valence-electron chi connectivity index (χ1n) is 7.91. The molecule has 4 heteroatoms. The normalized spacial score (nSPS) is 10.2. The van der Waals surface area contributed by atoms with E-state index in [0.29, 0.717) is 19.0 Å². The minimum absolute atomic E-state index is 0.0228. The summed E-state index contributed by atoms with van der Waals surface area (Å²) in [4.78, 5) is 33.9. The van der Waals surface area contributed by atoms with Crippen LogP contribution in [0.3, 0.4) is 0 Å². The van der Waals surface area contributed by atoms with Crippen molar-refractivity contribution in [3.05, 3.63) is 0 Å². The van der Waals surface area contributed by atoms with Crippen molar-refractivity contribution >= 4 is 18.5 Å². The van der Waals surface area contributed by atoms with E-state index in [1.807, 2.05) is 0 Å².